The number of carboxylic acid groups (broad SMARTS) is 2. The molecule has 4 atom stereocenters. The molecule has 0 saturated carbocycles. The van der Waals surface area contributed by atoms with Gasteiger partial charge >= 0.3 is 11.9 Å². The minimum absolute atomic E-state index is 0.178. The summed E-state index contributed by atoms with van der Waals surface area (Å²) in [6, 6.07) is -4.61. The zero-order valence-corrected chi connectivity index (χ0v) is 18.8. The van der Waals surface area contributed by atoms with E-state index in [0.717, 1.165) is 0 Å². The quantitative estimate of drug-likeness (QED) is 0.105. The van der Waals surface area contributed by atoms with Crippen LogP contribution in [0.15, 0.2) is 0 Å². The first kappa shape index (κ1) is 29.7. The van der Waals surface area contributed by atoms with Gasteiger partial charge in [-0.1, -0.05) is 0 Å². The number of carbonyl (C=O) groups excluding carboxylic acids is 4. The highest BCUT2D eigenvalue weighted by atomic mass is 16.4. The van der Waals surface area contributed by atoms with Crippen LogP contribution in [0.5, 0.6) is 0 Å². The molecular weight excluding hydrogens is 440 g/mol. The number of rotatable bonds is 16. The molecule has 0 aliphatic carbocycles. The van der Waals surface area contributed by atoms with Gasteiger partial charge in [-0.3, -0.25) is 24.0 Å². The van der Waals surface area contributed by atoms with Crippen LogP contribution in [0.2, 0.25) is 0 Å². The summed E-state index contributed by atoms with van der Waals surface area (Å²) in [6.07, 6.45) is 0.652. The SMILES string of the molecule is C[C@H](NC(=O)[C@H](C)NC(=O)[C@H](CCC(=O)O)NC(=O)CN)C(=O)N[C@@H](CCCCN)C(=O)O. The van der Waals surface area contributed by atoms with Crippen LogP contribution in [0, 0.1) is 0 Å². The van der Waals surface area contributed by atoms with Gasteiger partial charge in [0, 0.05) is 6.42 Å². The highest BCUT2D eigenvalue weighted by molar-refractivity contribution is 5.94. The molecule has 188 valence electrons. The molecule has 0 saturated heterocycles. The number of nitrogens with two attached hydrogens (primary N) is 2. The highest BCUT2D eigenvalue weighted by Crippen LogP contribution is 2.02. The molecule has 0 aliphatic heterocycles. The maximum atomic E-state index is 12.4. The van der Waals surface area contributed by atoms with Gasteiger partial charge in [0.05, 0.1) is 6.54 Å². The largest absolute Gasteiger partial charge is 0.481 e. The Hall–Kier alpha value is -3.26. The molecule has 14 heteroatoms. The van der Waals surface area contributed by atoms with Crippen molar-refractivity contribution in [3.63, 3.8) is 0 Å². The Balaban J connectivity index is 4.89. The minimum Gasteiger partial charge on any atom is -0.481 e. The van der Waals surface area contributed by atoms with Gasteiger partial charge in [-0.25, -0.2) is 4.79 Å². The Labute approximate surface area is 191 Å². The van der Waals surface area contributed by atoms with Crippen molar-refractivity contribution in [1.29, 1.82) is 0 Å². The van der Waals surface area contributed by atoms with Crippen molar-refractivity contribution >= 4 is 35.6 Å². The minimum atomic E-state index is -1.22. The predicted molar refractivity (Wildman–Crippen MR) is 116 cm³/mol. The van der Waals surface area contributed by atoms with Crippen LogP contribution in [0.4, 0.5) is 0 Å². The summed E-state index contributed by atoms with van der Waals surface area (Å²) < 4.78 is 0. The van der Waals surface area contributed by atoms with Gasteiger partial charge in [0.25, 0.3) is 0 Å². The molecule has 0 rings (SSSR count). The van der Waals surface area contributed by atoms with Gasteiger partial charge in [-0.05, 0) is 46.1 Å². The second-order valence-corrected chi connectivity index (χ2v) is 7.40. The Morgan fingerprint density at radius 2 is 1.27 bits per heavy atom. The van der Waals surface area contributed by atoms with Crippen molar-refractivity contribution in [2.75, 3.05) is 13.1 Å². The lowest BCUT2D eigenvalue weighted by atomic mass is 10.1. The van der Waals surface area contributed by atoms with Crippen LogP contribution in [-0.4, -0.2) is 83.0 Å². The third-order valence-corrected chi connectivity index (χ3v) is 4.55. The highest BCUT2D eigenvalue weighted by Gasteiger charge is 2.27. The van der Waals surface area contributed by atoms with Gasteiger partial charge in [0.2, 0.25) is 23.6 Å². The maximum Gasteiger partial charge on any atom is 0.326 e. The molecule has 0 aromatic heterocycles. The van der Waals surface area contributed by atoms with Crippen molar-refractivity contribution in [1.82, 2.24) is 21.3 Å². The maximum absolute atomic E-state index is 12.4. The summed E-state index contributed by atoms with van der Waals surface area (Å²) in [6.45, 7) is 2.65. The number of hydrogen-bond acceptors (Lipinski definition) is 8. The van der Waals surface area contributed by atoms with Crippen molar-refractivity contribution in [3.05, 3.63) is 0 Å². The van der Waals surface area contributed by atoms with Crippen LogP contribution < -0.4 is 32.7 Å². The average molecular weight is 475 g/mol. The van der Waals surface area contributed by atoms with E-state index in [9.17, 15) is 33.9 Å². The lowest BCUT2D eigenvalue weighted by Crippen LogP contribution is -2.56. The van der Waals surface area contributed by atoms with E-state index in [1.54, 1.807) is 0 Å². The van der Waals surface area contributed by atoms with E-state index in [0.29, 0.717) is 19.4 Å². The zero-order valence-electron chi connectivity index (χ0n) is 18.8. The average Bonchev–Trinajstić information content (AvgIpc) is 2.74. The molecule has 0 fully saturated rings. The van der Waals surface area contributed by atoms with E-state index in [1.165, 1.54) is 13.8 Å². The Morgan fingerprint density at radius 1 is 0.727 bits per heavy atom. The first-order valence-electron chi connectivity index (χ1n) is 10.5. The fourth-order valence-electron chi connectivity index (χ4n) is 2.62. The first-order valence-corrected chi connectivity index (χ1v) is 10.5. The van der Waals surface area contributed by atoms with Crippen molar-refractivity contribution in [2.45, 2.75) is 70.1 Å². The fraction of sp³-hybridized carbons (Fsp3) is 0.684. The summed E-state index contributed by atoms with van der Waals surface area (Å²) in [5.74, 6) is -5.35. The third-order valence-electron chi connectivity index (χ3n) is 4.55. The zero-order chi connectivity index (χ0) is 25.6. The number of amides is 4. The van der Waals surface area contributed by atoms with Gasteiger partial charge in [-0.2, -0.15) is 0 Å². The molecule has 14 nitrogen and oxygen atoms in total. The number of unbranched alkanes of at least 4 members (excludes halogenated alkanes) is 1. The van der Waals surface area contributed by atoms with Crippen molar-refractivity contribution < 1.29 is 39.0 Å². The summed E-state index contributed by atoms with van der Waals surface area (Å²) in [5, 5.41) is 27.3. The van der Waals surface area contributed by atoms with E-state index in [4.69, 9.17) is 16.6 Å². The van der Waals surface area contributed by atoms with Crippen LogP contribution in [-0.2, 0) is 28.8 Å². The van der Waals surface area contributed by atoms with Crippen LogP contribution >= 0.6 is 0 Å². The molecule has 0 aromatic rings. The van der Waals surface area contributed by atoms with Crippen LogP contribution in [0.3, 0.4) is 0 Å². The van der Waals surface area contributed by atoms with Gasteiger partial charge in [-0.15, -0.1) is 0 Å². The molecule has 0 radical (unpaired) electrons. The molecule has 0 aromatic carbocycles. The van der Waals surface area contributed by atoms with Gasteiger partial charge in [0.1, 0.15) is 24.2 Å². The number of carbonyl (C=O) groups is 6. The number of carboxylic acids is 2. The second-order valence-electron chi connectivity index (χ2n) is 7.40. The summed E-state index contributed by atoms with van der Waals surface area (Å²) >= 11 is 0. The van der Waals surface area contributed by atoms with Crippen molar-refractivity contribution in [3.8, 4) is 0 Å². The van der Waals surface area contributed by atoms with E-state index in [-0.39, 0.29) is 12.8 Å². The Morgan fingerprint density at radius 3 is 1.76 bits per heavy atom. The molecular formula is C19H34N6O8. The summed E-state index contributed by atoms with van der Waals surface area (Å²) in [5.41, 5.74) is 10.6. The Kier molecular flexibility index (Phi) is 14.0. The van der Waals surface area contributed by atoms with Gasteiger partial charge in [0.15, 0.2) is 0 Å². The third kappa shape index (κ3) is 12.4. The van der Waals surface area contributed by atoms with E-state index in [1.807, 2.05) is 0 Å². The van der Waals surface area contributed by atoms with Crippen LogP contribution in [0.1, 0.15) is 46.0 Å². The monoisotopic (exact) mass is 474 g/mol. The smallest absolute Gasteiger partial charge is 0.326 e. The normalized spacial score (nSPS) is 14.2. The van der Waals surface area contributed by atoms with E-state index < -0.39 is 72.7 Å². The predicted octanol–water partition coefficient (Wildman–Crippen LogP) is -3.00. The number of hydrogen-bond donors (Lipinski definition) is 8. The molecule has 0 spiro atoms. The summed E-state index contributed by atoms with van der Waals surface area (Å²) in [4.78, 5) is 70.6. The topological polar surface area (TPSA) is 243 Å². The molecule has 0 bridgehead atoms. The lowest BCUT2D eigenvalue weighted by molar-refractivity contribution is -0.142. The van der Waals surface area contributed by atoms with Crippen LogP contribution in [0.25, 0.3) is 0 Å². The lowest BCUT2D eigenvalue weighted by Gasteiger charge is -2.22. The standard InChI is InChI=1S/C19H34N6O8/c1-10(23-18(31)12(6-7-15(27)28)24-14(26)9-21)16(29)22-11(2)17(30)25-13(19(32)33)5-3-4-8-20/h10-13H,3-9,20-21H2,1-2H3,(H,22,29)(H,23,31)(H,24,26)(H,25,30)(H,27,28)(H,32,33)/t10-,11-,12-,13-/m0/s1. The van der Waals surface area contributed by atoms with Crippen molar-refractivity contribution in [2.24, 2.45) is 11.5 Å². The molecule has 33 heavy (non-hydrogen) atoms. The number of aliphatic carboxylic acids is 2. The second kappa shape index (κ2) is 15.5. The molecule has 0 aliphatic rings. The van der Waals surface area contributed by atoms with E-state index >= 15 is 0 Å². The Bertz CT molecular complexity index is 716. The summed E-state index contributed by atoms with van der Waals surface area (Å²) in [7, 11) is 0. The molecule has 0 unspecified atom stereocenters. The molecule has 10 N–H and O–H groups in total. The molecule has 4 amide bonds. The fourth-order valence-corrected chi connectivity index (χ4v) is 2.62. The van der Waals surface area contributed by atoms with Gasteiger partial charge < -0.3 is 42.9 Å². The first-order chi connectivity index (χ1) is 15.4. The number of nitrogens with one attached hydrogen (secondary N) is 4. The molecule has 0 heterocycles. The van der Waals surface area contributed by atoms with E-state index in [2.05, 4.69) is 21.3 Å².